The topological polar surface area (TPSA) is 195 Å². The Hall–Kier alpha value is -6.69. The van der Waals surface area contributed by atoms with Gasteiger partial charge in [0.15, 0.2) is 0 Å². The molecule has 0 spiro atoms. The number of rotatable bonds is 12. The van der Waals surface area contributed by atoms with Crippen LogP contribution >= 0.6 is 0 Å². The summed E-state index contributed by atoms with van der Waals surface area (Å²) in [6.07, 6.45) is 2.19. The molecule has 6 aromatic rings. The zero-order chi connectivity index (χ0) is 42.6. The summed E-state index contributed by atoms with van der Waals surface area (Å²) in [5.41, 5.74) is -2.93. The molecule has 59 heavy (non-hydrogen) atoms. The molecule has 0 saturated carbocycles. The Kier molecular flexibility index (Phi) is 19.9. The summed E-state index contributed by atoms with van der Waals surface area (Å²) in [5, 5.41) is 47.5. The van der Waals surface area contributed by atoms with Gasteiger partial charge >= 0.3 is 21.7 Å². The normalized spacial score (nSPS) is 10.1. The molecule has 0 bridgehead atoms. The van der Waals surface area contributed by atoms with Crippen LogP contribution in [0.3, 0.4) is 0 Å². The first kappa shape index (κ1) is 48.5. The Balaban J connectivity index is 0.000000274. The van der Waals surface area contributed by atoms with Crippen LogP contribution in [0.4, 0.5) is 0 Å². The van der Waals surface area contributed by atoms with Gasteiger partial charge in [0.25, 0.3) is 0 Å². The number of hydrogen-bond acceptors (Lipinski definition) is 10. The van der Waals surface area contributed by atoms with Crippen LogP contribution in [0.5, 0.6) is 0 Å². The van der Waals surface area contributed by atoms with E-state index in [0.29, 0.717) is 11.1 Å². The Morgan fingerprint density at radius 1 is 0.373 bits per heavy atom. The van der Waals surface area contributed by atoms with E-state index >= 15 is 0 Å². The molecule has 0 aliphatic heterocycles. The molecule has 0 saturated heterocycles. The summed E-state index contributed by atoms with van der Waals surface area (Å²) in [5.74, 6) is -4.19. The number of ketones is 4. The van der Waals surface area contributed by atoms with Crippen LogP contribution < -0.4 is 20.4 Å². The third-order valence-corrected chi connectivity index (χ3v) is 8.08. The zero-order valence-corrected chi connectivity index (χ0v) is 33.6. The van der Waals surface area contributed by atoms with Crippen molar-refractivity contribution in [3.05, 3.63) is 228 Å². The van der Waals surface area contributed by atoms with Gasteiger partial charge in [0.05, 0.1) is 11.6 Å². The predicted molar refractivity (Wildman–Crippen MR) is 209 cm³/mol. The first-order valence-corrected chi connectivity index (χ1v) is 17.7. The average molecular weight is 823 g/mol. The molecule has 0 aliphatic carbocycles. The maximum atomic E-state index is 12.5. The van der Waals surface area contributed by atoms with Gasteiger partial charge in [-0.2, -0.15) is 0 Å². The molecule has 296 valence electrons. The molecule has 0 radical (unpaired) electrons. The molecule has 6 rings (SSSR count). The Morgan fingerprint density at radius 2 is 0.559 bits per heavy atom. The van der Waals surface area contributed by atoms with Crippen molar-refractivity contribution in [3.8, 4) is 0 Å². The van der Waals surface area contributed by atoms with Crippen molar-refractivity contribution < 1.29 is 70.9 Å². The van der Waals surface area contributed by atoms with E-state index in [9.17, 15) is 49.2 Å². The van der Waals surface area contributed by atoms with Crippen LogP contribution in [0.15, 0.2) is 182 Å². The summed E-state index contributed by atoms with van der Waals surface area (Å²) in [7, 11) is 0. The van der Waals surface area contributed by atoms with Gasteiger partial charge in [-0.25, -0.2) is 0 Å². The minimum absolute atomic E-state index is 0. The van der Waals surface area contributed by atoms with Gasteiger partial charge in [0, 0.05) is 23.5 Å². The Bertz CT molecular complexity index is 1990. The molecule has 0 atom stereocenters. The molecule has 0 N–H and O–H groups in total. The molecule has 0 unspecified atom stereocenters. The summed E-state index contributed by atoms with van der Waals surface area (Å²) in [6.45, 7) is 2.72. The quantitative estimate of drug-likeness (QED) is 0.0764. The number of carbonyl (C=O) groups excluding carboxylic acids is 6. The van der Waals surface area contributed by atoms with Crippen molar-refractivity contribution in [2.75, 3.05) is 0 Å². The third-order valence-electron chi connectivity index (χ3n) is 8.08. The average Bonchev–Trinajstić information content (AvgIpc) is 3.25. The fraction of sp³-hybridized carbons (Fsp3) is 0.0833. The van der Waals surface area contributed by atoms with Crippen molar-refractivity contribution in [2.45, 2.75) is 25.0 Å². The van der Waals surface area contributed by atoms with Gasteiger partial charge in [-0.15, -0.1) is 48.2 Å². The standard InChI is InChI=1S/2C14H11O3.2C10H9O2.Ti/c2*15-13(16)14(17,11-7-3-1-4-8-11)12-9-5-2-6-10-12;2*1-8(11)7-10(12)9-5-3-2-4-6-9;/h2*1-10H,(H,15,16);2*2-7H,1H3;/q4*-1;+4/p-2. The molecular weight excluding hydrogens is 784 g/mol. The predicted octanol–water partition coefficient (Wildman–Crippen LogP) is 3.40. The van der Waals surface area contributed by atoms with Gasteiger partial charge in [-0.3, -0.25) is 0 Å². The Morgan fingerprint density at radius 3 is 0.729 bits per heavy atom. The number of hydrogen-bond donors (Lipinski definition) is 0. The van der Waals surface area contributed by atoms with Crippen LogP contribution in [0, 0.1) is 12.8 Å². The van der Waals surface area contributed by atoms with Crippen LogP contribution in [0.1, 0.15) is 56.8 Å². The zero-order valence-electron chi connectivity index (χ0n) is 32.1. The first-order valence-electron chi connectivity index (χ1n) is 17.7. The summed E-state index contributed by atoms with van der Waals surface area (Å²) < 4.78 is 0. The second kappa shape index (κ2) is 24.2. The van der Waals surface area contributed by atoms with Gasteiger partial charge < -0.3 is 49.2 Å². The van der Waals surface area contributed by atoms with E-state index < -0.39 is 23.1 Å². The van der Waals surface area contributed by atoms with E-state index in [-0.39, 0.29) is 67.1 Å². The van der Waals surface area contributed by atoms with E-state index in [1.165, 1.54) is 62.4 Å². The van der Waals surface area contributed by atoms with E-state index in [1.54, 1.807) is 121 Å². The Labute approximate surface area is 357 Å². The summed E-state index contributed by atoms with van der Waals surface area (Å²) in [6, 6.07) is 49.4. The minimum Gasteiger partial charge on any atom is -0.838 e. The molecule has 0 aromatic heterocycles. The smallest absolute Gasteiger partial charge is 0.838 e. The number of Topliss-reactive ketones (excluding diaryl/α,β-unsaturated/α-hetero) is 4. The fourth-order valence-corrected chi connectivity index (χ4v) is 5.24. The number of carbonyl (C=O) groups is 6. The maximum absolute atomic E-state index is 12.5. The third kappa shape index (κ3) is 14.3. The number of carboxylic acid groups (broad SMARTS) is 2. The largest absolute Gasteiger partial charge is 4.00 e. The van der Waals surface area contributed by atoms with E-state index in [4.69, 9.17) is 0 Å². The van der Waals surface area contributed by atoms with E-state index in [0.717, 1.165) is 12.8 Å². The van der Waals surface area contributed by atoms with Crippen LogP contribution in [0.25, 0.3) is 0 Å². The second-order valence-electron chi connectivity index (χ2n) is 12.4. The fourth-order valence-electron chi connectivity index (χ4n) is 5.24. The number of benzene rings is 6. The molecule has 0 fully saturated rings. The summed E-state index contributed by atoms with van der Waals surface area (Å²) in [4.78, 5) is 65.9. The van der Waals surface area contributed by atoms with E-state index in [2.05, 4.69) is 0 Å². The van der Waals surface area contributed by atoms with Crippen molar-refractivity contribution in [2.24, 2.45) is 0 Å². The monoisotopic (exact) mass is 822 g/mol. The maximum Gasteiger partial charge on any atom is 4.00 e. The molecular formula is C48H38O10Ti-2. The SMILES string of the molecule is CC(=O)[CH-]C(=O)c1ccccc1.CC(=O)[CH-]C(=O)c1ccccc1.O=C([O-])C([O-])(c1ccccc1)c1ccccc1.O=C([O-])C([O-])(c1ccccc1)c1ccccc1.[Ti+4]. The molecule has 0 heterocycles. The number of aliphatic carboxylic acids is 2. The van der Waals surface area contributed by atoms with Crippen LogP contribution in [0.2, 0.25) is 0 Å². The summed E-state index contributed by atoms with van der Waals surface area (Å²) >= 11 is 0. The molecule has 11 heteroatoms. The van der Waals surface area contributed by atoms with Gasteiger partial charge in [-0.05, 0) is 47.3 Å². The van der Waals surface area contributed by atoms with Crippen molar-refractivity contribution >= 4 is 35.1 Å². The molecule has 0 aliphatic rings. The minimum atomic E-state index is -2.36. The van der Waals surface area contributed by atoms with Gasteiger partial charge in [0.2, 0.25) is 0 Å². The second-order valence-corrected chi connectivity index (χ2v) is 12.4. The first-order chi connectivity index (χ1) is 27.7. The van der Waals surface area contributed by atoms with Gasteiger partial charge in [-0.1, -0.05) is 158 Å². The van der Waals surface area contributed by atoms with Crippen LogP contribution in [-0.2, 0) is 52.1 Å². The van der Waals surface area contributed by atoms with Crippen LogP contribution in [-0.4, -0.2) is 35.1 Å². The van der Waals surface area contributed by atoms with Crippen molar-refractivity contribution in [3.63, 3.8) is 0 Å². The van der Waals surface area contributed by atoms with Gasteiger partial charge in [0.1, 0.15) is 0 Å². The number of carboxylic acids is 2. The van der Waals surface area contributed by atoms with Crippen molar-refractivity contribution in [1.29, 1.82) is 0 Å². The van der Waals surface area contributed by atoms with E-state index in [1.807, 2.05) is 12.1 Å². The molecule has 0 amide bonds. The molecule has 10 nitrogen and oxygen atoms in total. The molecule has 6 aromatic carbocycles. The van der Waals surface area contributed by atoms with Crippen molar-refractivity contribution in [1.82, 2.24) is 0 Å².